The third kappa shape index (κ3) is 6.06. The Morgan fingerprint density at radius 3 is 2.24 bits per heavy atom. The first-order valence-electron chi connectivity index (χ1n) is 8.34. The van der Waals surface area contributed by atoms with Gasteiger partial charge in [-0.15, -0.1) is 0 Å². The van der Waals surface area contributed by atoms with Gasteiger partial charge in [0, 0.05) is 16.9 Å². The van der Waals surface area contributed by atoms with Gasteiger partial charge >= 0.3 is 5.97 Å². The number of aromatic nitrogens is 1. The summed E-state index contributed by atoms with van der Waals surface area (Å²) < 4.78 is 0.803. The lowest BCUT2D eigenvalue weighted by atomic mass is 9.97. The van der Waals surface area contributed by atoms with E-state index in [-0.39, 0.29) is 11.5 Å². The molecule has 8 heteroatoms. The minimum Gasteiger partial charge on any atom is -0.480 e. The van der Waals surface area contributed by atoms with Crippen LogP contribution >= 0.6 is 0 Å². The summed E-state index contributed by atoms with van der Waals surface area (Å²) in [5.74, 6) is -2.26. The number of nitrogens with one attached hydrogen (secondary N) is 2. The molecule has 0 aliphatic carbocycles. The van der Waals surface area contributed by atoms with Crippen LogP contribution in [0.1, 0.15) is 50.4 Å². The molecule has 1 aromatic heterocycles. The second-order valence-electron chi connectivity index (χ2n) is 5.99. The Morgan fingerprint density at radius 2 is 1.76 bits per heavy atom. The lowest BCUT2D eigenvalue weighted by Gasteiger charge is -2.25. The maximum atomic E-state index is 12.5. The number of hydrogen-bond acceptors (Lipinski definition) is 4. The van der Waals surface area contributed by atoms with Crippen LogP contribution in [0.5, 0.6) is 0 Å². The second-order valence-corrected chi connectivity index (χ2v) is 5.99. The van der Waals surface area contributed by atoms with Crippen molar-refractivity contribution in [2.24, 2.45) is 5.92 Å². The molecule has 0 saturated heterocycles. The quantitative estimate of drug-likeness (QED) is 0.386. The molecule has 4 N–H and O–H groups in total. The van der Waals surface area contributed by atoms with Crippen molar-refractivity contribution >= 4 is 17.8 Å². The highest BCUT2D eigenvalue weighted by molar-refractivity contribution is 5.98. The minimum absolute atomic E-state index is 0.175. The summed E-state index contributed by atoms with van der Waals surface area (Å²) >= 11 is 0. The third-order valence-corrected chi connectivity index (χ3v) is 4.05. The van der Waals surface area contributed by atoms with Gasteiger partial charge in [-0.3, -0.25) is 14.8 Å². The number of carbonyl (C=O) groups excluding carboxylic acids is 2. The first kappa shape index (κ1) is 20.4. The van der Waals surface area contributed by atoms with Gasteiger partial charge < -0.3 is 15.7 Å². The van der Waals surface area contributed by atoms with E-state index in [4.69, 9.17) is 0 Å². The van der Waals surface area contributed by atoms with Crippen LogP contribution in [0.15, 0.2) is 24.5 Å². The zero-order valence-electron chi connectivity index (χ0n) is 14.7. The van der Waals surface area contributed by atoms with Gasteiger partial charge in [-0.25, -0.2) is 4.79 Å². The van der Waals surface area contributed by atoms with E-state index in [2.05, 4.69) is 10.6 Å². The number of aliphatic carboxylic acids is 1. The van der Waals surface area contributed by atoms with Gasteiger partial charge in [0.1, 0.15) is 12.1 Å². The van der Waals surface area contributed by atoms with Crippen LogP contribution in [-0.4, -0.2) is 40.2 Å². The van der Waals surface area contributed by atoms with Crippen molar-refractivity contribution in [3.8, 4) is 0 Å². The van der Waals surface area contributed by atoms with Crippen LogP contribution in [0.2, 0.25) is 0 Å². The van der Waals surface area contributed by atoms with Gasteiger partial charge in [0.05, 0.1) is 5.56 Å². The molecule has 2 amide bonds. The summed E-state index contributed by atoms with van der Waals surface area (Å²) in [5.41, 5.74) is 0.287. The van der Waals surface area contributed by atoms with E-state index in [1.807, 2.05) is 20.8 Å². The van der Waals surface area contributed by atoms with Gasteiger partial charge in [0.15, 0.2) is 0 Å². The Labute approximate surface area is 146 Å². The summed E-state index contributed by atoms with van der Waals surface area (Å²) in [6, 6.07) is 1.000. The summed E-state index contributed by atoms with van der Waals surface area (Å²) in [6.07, 6.45) is 4.17. The largest absolute Gasteiger partial charge is 0.480 e. The van der Waals surface area contributed by atoms with Crippen molar-refractivity contribution in [1.82, 2.24) is 10.6 Å². The van der Waals surface area contributed by atoms with E-state index in [0.29, 0.717) is 19.3 Å². The van der Waals surface area contributed by atoms with Crippen molar-refractivity contribution < 1.29 is 29.4 Å². The highest BCUT2D eigenvalue weighted by atomic mass is 16.5. The number of carboxylic acid groups (broad SMARTS) is 1. The van der Waals surface area contributed by atoms with Gasteiger partial charge in [0.2, 0.25) is 18.3 Å². The molecule has 25 heavy (non-hydrogen) atoms. The maximum Gasteiger partial charge on any atom is 0.326 e. The Hall–Kier alpha value is -2.64. The fraction of sp³-hybridized carbons (Fsp3) is 0.529. The molecule has 8 nitrogen and oxygen atoms in total. The van der Waals surface area contributed by atoms with E-state index in [1.165, 1.54) is 24.5 Å². The highest BCUT2D eigenvalue weighted by Gasteiger charge is 2.29. The molecular weight excluding hydrogens is 326 g/mol. The standard InChI is InChI=1S/C17H25N3O5/c1-4-6-13(17(23)24)18-16(22)14(11(3)5-2)19-15(21)12-7-9-20(25)10-8-12/h7-11,13-14H,4-6H2,1-3H3,(H3-,18,19,21,22,23,24,25)/p+1/t11?,13-,14?/m0/s1. The monoisotopic (exact) mass is 352 g/mol. The van der Waals surface area contributed by atoms with Crippen LogP contribution < -0.4 is 15.4 Å². The SMILES string of the molecule is CCC[C@H](NC(=O)C(NC(=O)c1cc[n+](O)cc1)C(C)CC)C(=O)O. The van der Waals surface area contributed by atoms with Crippen LogP contribution in [0.3, 0.4) is 0 Å². The smallest absolute Gasteiger partial charge is 0.326 e. The molecule has 3 atom stereocenters. The molecule has 0 saturated carbocycles. The van der Waals surface area contributed by atoms with Crippen LogP contribution in [0, 0.1) is 5.92 Å². The Balaban J connectivity index is 2.89. The number of amides is 2. The fourth-order valence-corrected chi connectivity index (χ4v) is 2.30. The summed E-state index contributed by atoms with van der Waals surface area (Å²) in [7, 11) is 0. The molecule has 1 rings (SSSR count). The van der Waals surface area contributed by atoms with Gasteiger partial charge in [-0.05, 0) is 12.3 Å². The lowest BCUT2D eigenvalue weighted by molar-refractivity contribution is -0.904. The van der Waals surface area contributed by atoms with E-state index in [1.54, 1.807) is 0 Å². The number of pyridine rings is 1. The number of carbonyl (C=O) groups is 3. The molecule has 0 aromatic carbocycles. The Bertz CT molecular complexity index is 603. The van der Waals surface area contributed by atoms with Crippen molar-refractivity contribution in [3.05, 3.63) is 30.1 Å². The summed E-state index contributed by atoms with van der Waals surface area (Å²) in [6.45, 7) is 5.53. The molecule has 0 aliphatic rings. The third-order valence-electron chi connectivity index (χ3n) is 4.05. The van der Waals surface area contributed by atoms with E-state index in [9.17, 15) is 24.7 Å². The Morgan fingerprint density at radius 1 is 1.16 bits per heavy atom. The van der Waals surface area contributed by atoms with Crippen molar-refractivity contribution in [1.29, 1.82) is 0 Å². The van der Waals surface area contributed by atoms with Crippen LogP contribution in [0.25, 0.3) is 0 Å². The molecule has 138 valence electrons. The minimum atomic E-state index is -1.10. The molecule has 2 unspecified atom stereocenters. The predicted octanol–water partition coefficient (Wildman–Crippen LogP) is 0.725. The van der Waals surface area contributed by atoms with Crippen LogP contribution in [-0.2, 0) is 9.59 Å². The first-order chi connectivity index (χ1) is 11.8. The number of nitrogens with zero attached hydrogens (tertiary/aromatic N) is 1. The van der Waals surface area contributed by atoms with Crippen molar-refractivity contribution in [3.63, 3.8) is 0 Å². The van der Waals surface area contributed by atoms with Crippen LogP contribution in [0.4, 0.5) is 0 Å². The fourth-order valence-electron chi connectivity index (χ4n) is 2.30. The zero-order chi connectivity index (χ0) is 19.0. The predicted molar refractivity (Wildman–Crippen MR) is 89.0 cm³/mol. The molecule has 0 radical (unpaired) electrons. The van der Waals surface area contributed by atoms with Crippen molar-refractivity contribution in [2.75, 3.05) is 0 Å². The van der Waals surface area contributed by atoms with E-state index < -0.39 is 29.9 Å². The van der Waals surface area contributed by atoms with E-state index in [0.717, 1.165) is 4.73 Å². The maximum absolute atomic E-state index is 12.5. The highest BCUT2D eigenvalue weighted by Crippen LogP contribution is 2.10. The number of rotatable bonds is 9. The van der Waals surface area contributed by atoms with Gasteiger partial charge in [-0.1, -0.05) is 33.6 Å². The van der Waals surface area contributed by atoms with Gasteiger partial charge in [-0.2, -0.15) is 0 Å². The van der Waals surface area contributed by atoms with Crippen molar-refractivity contribution in [2.45, 2.75) is 52.1 Å². The molecule has 0 fully saturated rings. The zero-order valence-corrected chi connectivity index (χ0v) is 14.7. The van der Waals surface area contributed by atoms with E-state index >= 15 is 0 Å². The second kappa shape index (κ2) is 9.61. The topological polar surface area (TPSA) is 120 Å². The molecule has 1 aromatic rings. The Kier molecular flexibility index (Phi) is 7.84. The molecular formula is C17H26N3O5+. The first-order valence-corrected chi connectivity index (χ1v) is 8.34. The molecule has 0 bridgehead atoms. The molecule has 0 aliphatic heterocycles. The lowest BCUT2D eigenvalue weighted by Crippen LogP contribution is -2.54. The normalized spacial score (nSPS) is 14.2. The average molecular weight is 352 g/mol. The summed E-state index contributed by atoms with van der Waals surface area (Å²) in [4.78, 5) is 36.1. The average Bonchev–Trinajstić information content (AvgIpc) is 2.58. The number of hydrogen-bond donors (Lipinski definition) is 4. The molecule has 1 heterocycles. The molecule has 0 spiro atoms. The van der Waals surface area contributed by atoms with Gasteiger partial charge in [0.25, 0.3) is 5.91 Å². The number of carboxylic acids is 1. The summed E-state index contributed by atoms with van der Waals surface area (Å²) in [5, 5.41) is 23.5.